The Balaban J connectivity index is 1.33. The maximum atomic E-state index is 13.8. The second-order valence-corrected chi connectivity index (χ2v) is 11.6. The average molecular weight is 600 g/mol. The molecule has 10 nitrogen and oxygen atoms in total. The Bertz CT molecular complexity index is 1630. The van der Waals surface area contributed by atoms with Gasteiger partial charge in [-0.05, 0) is 48.2 Å². The molecule has 0 spiro atoms. The van der Waals surface area contributed by atoms with Crippen LogP contribution in [0.1, 0.15) is 34.6 Å². The highest BCUT2D eigenvalue weighted by molar-refractivity contribution is 7.09. The van der Waals surface area contributed by atoms with E-state index in [2.05, 4.69) is 20.3 Å². The van der Waals surface area contributed by atoms with Gasteiger partial charge in [-0.3, -0.25) is 14.8 Å². The van der Waals surface area contributed by atoms with Crippen LogP contribution in [0.3, 0.4) is 0 Å². The fraction of sp³-hybridized carbons (Fsp3) is 0.281. The zero-order valence-electron chi connectivity index (χ0n) is 23.9. The first-order valence-corrected chi connectivity index (χ1v) is 14.9. The Morgan fingerprint density at radius 3 is 2.56 bits per heavy atom. The van der Waals surface area contributed by atoms with Crippen LogP contribution in [0.15, 0.2) is 89.2 Å². The number of hydrogen-bond acceptors (Lipinski definition) is 9. The summed E-state index contributed by atoms with van der Waals surface area (Å²) in [6, 6.07) is 17.6. The topological polar surface area (TPSA) is 131 Å². The van der Waals surface area contributed by atoms with Crippen LogP contribution in [0.2, 0.25) is 0 Å². The molecule has 11 heteroatoms. The summed E-state index contributed by atoms with van der Waals surface area (Å²) in [7, 11) is 0. The molecule has 0 unspecified atom stereocenters. The molecule has 0 saturated carbocycles. The maximum Gasteiger partial charge on any atom is 0.407 e. The third-order valence-corrected chi connectivity index (χ3v) is 7.49. The molecular formula is C32H33N5O5S. The van der Waals surface area contributed by atoms with E-state index in [0.717, 1.165) is 16.0 Å². The molecule has 0 aliphatic rings. The molecule has 2 N–H and O–H groups in total. The van der Waals surface area contributed by atoms with Crippen molar-refractivity contribution < 1.29 is 23.8 Å². The summed E-state index contributed by atoms with van der Waals surface area (Å²) >= 11 is 1.39. The van der Waals surface area contributed by atoms with Crippen molar-refractivity contribution in [2.75, 3.05) is 13.1 Å². The van der Waals surface area contributed by atoms with E-state index < -0.39 is 18.2 Å². The van der Waals surface area contributed by atoms with Gasteiger partial charge in [-0.25, -0.2) is 9.78 Å². The van der Waals surface area contributed by atoms with Crippen molar-refractivity contribution in [3.63, 3.8) is 0 Å². The van der Waals surface area contributed by atoms with E-state index in [9.17, 15) is 14.7 Å². The van der Waals surface area contributed by atoms with Crippen molar-refractivity contribution in [2.45, 2.75) is 39.0 Å². The third-order valence-electron chi connectivity index (χ3n) is 6.74. The minimum Gasteiger partial charge on any atom is -0.444 e. The van der Waals surface area contributed by atoms with Gasteiger partial charge >= 0.3 is 6.09 Å². The van der Waals surface area contributed by atoms with Gasteiger partial charge in [-0.2, -0.15) is 0 Å². The first-order valence-electron chi connectivity index (χ1n) is 14.0. The standard InChI is InChI=1S/C32H33N5O5S/c1-21(2)17-37(31(39)24-8-9-26-29(15-24)42-30(35-26)23-10-12-33-13-11-23)18-28(38)27(14-22-6-4-3-5-7-22)36-32(40)41-19-25-16-34-20-43-25/h3-13,15-16,20-21,27-28,38H,14,17-19H2,1-2H3,(H,36,40)/t27-,28+/m0/s1. The summed E-state index contributed by atoms with van der Waals surface area (Å²) in [5, 5.41) is 14.3. The van der Waals surface area contributed by atoms with Crippen molar-refractivity contribution in [3.8, 4) is 11.5 Å². The molecule has 2 amide bonds. The largest absolute Gasteiger partial charge is 0.444 e. The number of aliphatic hydroxyl groups is 1. The van der Waals surface area contributed by atoms with Gasteiger partial charge in [0, 0.05) is 42.8 Å². The second-order valence-electron chi connectivity index (χ2n) is 10.6. The number of pyridine rings is 1. The van der Waals surface area contributed by atoms with Gasteiger partial charge < -0.3 is 24.5 Å². The zero-order valence-corrected chi connectivity index (χ0v) is 24.7. The van der Waals surface area contributed by atoms with Crippen LogP contribution >= 0.6 is 11.3 Å². The highest BCUT2D eigenvalue weighted by Gasteiger charge is 2.28. The Kier molecular flexibility index (Phi) is 9.75. The fourth-order valence-corrected chi connectivity index (χ4v) is 5.19. The van der Waals surface area contributed by atoms with E-state index in [1.165, 1.54) is 11.3 Å². The molecule has 0 aliphatic heterocycles. The number of alkyl carbamates (subject to hydrolysis) is 1. The number of nitrogens with one attached hydrogen (secondary N) is 1. The molecule has 43 heavy (non-hydrogen) atoms. The number of aromatic nitrogens is 3. The van der Waals surface area contributed by atoms with Crippen LogP contribution in [0.4, 0.5) is 4.79 Å². The van der Waals surface area contributed by atoms with Gasteiger partial charge in [0.1, 0.15) is 12.1 Å². The molecule has 0 radical (unpaired) electrons. The van der Waals surface area contributed by atoms with Crippen LogP contribution < -0.4 is 5.32 Å². The molecule has 3 aromatic heterocycles. The van der Waals surface area contributed by atoms with Gasteiger partial charge in [0.2, 0.25) is 5.89 Å². The molecule has 0 fully saturated rings. The third kappa shape index (κ3) is 8.02. The number of carbonyl (C=O) groups is 2. The number of ether oxygens (including phenoxy) is 1. The number of aliphatic hydroxyl groups excluding tert-OH is 1. The van der Waals surface area contributed by atoms with E-state index in [0.29, 0.717) is 35.5 Å². The zero-order chi connectivity index (χ0) is 30.2. The van der Waals surface area contributed by atoms with Crippen molar-refractivity contribution in [2.24, 2.45) is 5.92 Å². The number of benzene rings is 2. The highest BCUT2D eigenvalue weighted by atomic mass is 32.1. The van der Waals surface area contributed by atoms with Gasteiger partial charge in [0.25, 0.3) is 5.91 Å². The summed E-state index contributed by atoms with van der Waals surface area (Å²) in [6.07, 6.45) is 3.58. The number of oxazole rings is 1. The number of rotatable bonds is 12. The lowest BCUT2D eigenvalue weighted by Crippen LogP contribution is -2.51. The van der Waals surface area contributed by atoms with Crippen LogP contribution in [0.5, 0.6) is 0 Å². The Morgan fingerprint density at radius 1 is 1.05 bits per heavy atom. The van der Waals surface area contributed by atoms with E-state index in [1.807, 2.05) is 44.2 Å². The lowest BCUT2D eigenvalue weighted by atomic mass is 10.00. The Labute approximate surface area is 253 Å². The predicted octanol–water partition coefficient (Wildman–Crippen LogP) is 5.34. The van der Waals surface area contributed by atoms with Gasteiger partial charge in [0.05, 0.1) is 22.5 Å². The van der Waals surface area contributed by atoms with Crippen molar-refractivity contribution in [1.82, 2.24) is 25.2 Å². The molecule has 0 saturated heterocycles. The normalized spacial score (nSPS) is 12.7. The van der Waals surface area contributed by atoms with Gasteiger partial charge in [-0.1, -0.05) is 44.2 Å². The number of nitrogens with zero attached hydrogens (tertiary/aromatic N) is 4. The molecule has 0 bridgehead atoms. The van der Waals surface area contributed by atoms with Crippen molar-refractivity contribution in [1.29, 1.82) is 0 Å². The van der Waals surface area contributed by atoms with Crippen LogP contribution in [-0.2, 0) is 17.8 Å². The van der Waals surface area contributed by atoms with Gasteiger partial charge in [-0.15, -0.1) is 11.3 Å². The predicted molar refractivity (Wildman–Crippen MR) is 163 cm³/mol. The number of amides is 2. The molecule has 222 valence electrons. The number of carbonyl (C=O) groups excluding carboxylic acids is 2. The fourth-order valence-electron chi connectivity index (χ4n) is 4.69. The van der Waals surface area contributed by atoms with E-state index in [4.69, 9.17) is 9.15 Å². The van der Waals surface area contributed by atoms with Gasteiger partial charge in [0.15, 0.2) is 5.58 Å². The SMILES string of the molecule is CC(C)CN(C[C@@H](O)[C@H](Cc1ccccc1)NC(=O)OCc1cncs1)C(=O)c1ccc2nc(-c3ccncc3)oc2c1. The smallest absolute Gasteiger partial charge is 0.407 e. The summed E-state index contributed by atoms with van der Waals surface area (Å²) in [5.41, 5.74) is 4.90. The average Bonchev–Trinajstić information content (AvgIpc) is 3.69. The quantitative estimate of drug-likeness (QED) is 0.196. The number of hydrogen-bond donors (Lipinski definition) is 2. The number of fused-ring (bicyclic) bond motifs is 1. The van der Waals surface area contributed by atoms with E-state index in [1.54, 1.807) is 59.3 Å². The molecular weight excluding hydrogens is 566 g/mol. The van der Waals surface area contributed by atoms with Crippen LogP contribution in [-0.4, -0.2) is 62.2 Å². The first kappa shape index (κ1) is 29.9. The maximum absolute atomic E-state index is 13.8. The van der Waals surface area contributed by atoms with E-state index >= 15 is 0 Å². The monoisotopic (exact) mass is 599 g/mol. The van der Waals surface area contributed by atoms with Crippen molar-refractivity contribution >= 4 is 34.4 Å². The Morgan fingerprint density at radius 2 is 1.84 bits per heavy atom. The number of thiazole rings is 1. The first-order chi connectivity index (χ1) is 20.9. The van der Waals surface area contributed by atoms with E-state index in [-0.39, 0.29) is 25.0 Å². The Hall–Kier alpha value is -4.61. The minimum absolute atomic E-state index is 0.000343. The lowest BCUT2D eigenvalue weighted by molar-refractivity contribution is 0.0494. The second kappa shape index (κ2) is 14.0. The molecule has 5 rings (SSSR count). The summed E-state index contributed by atoms with van der Waals surface area (Å²) in [4.78, 5) is 41.5. The summed E-state index contributed by atoms with van der Waals surface area (Å²) < 4.78 is 11.3. The lowest BCUT2D eigenvalue weighted by Gasteiger charge is -2.31. The summed E-state index contributed by atoms with van der Waals surface area (Å²) in [5.74, 6) is 0.310. The summed E-state index contributed by atoms with van der Waals surface area (Å²) in [6.45, 7) is 4.49. The van der Waals surface area contributed by atoms with Crippen LogP contribution in [0, 0.1) is 5.92 Å². The molecule has 2 atom stereocenters. The molecule has 2 aromatic carbocycles. The molecule has 0 aliphatic carbocycles. The van der Waals surface area contributed by atoms with Crippen LogP contribution in [0.25, 0.3) is 22.6 Å². The molecule has 5 aromatic rings. The molecule has 3 heterocycles. The van der Waals surface area contributed by atoms with Crippen molar-refractivity contribution in [3.05, 3.63) is 101 Å². The minimum atomic E-state index is -1.08. The highest BCUT2D eigenvalue weighted by Crippen LogP contribution is 2.25.